The zero-order valence-corrected chi connectivity index (χ0v) is 6.30. The predicted octanol–water partition coefficient (Wildman–Crippen LogP) is 1.14. The smallest absolute Gasteiger partial charge is 0.137 e. The molecule has 0 unspecified atom stereocenters. The molecule has 3 heteroatoms. The predicted molar refractivity (Wildman–Crippen MR) is 42.4 cm³/mol. The lowest BCUT2D eigenvalue weighted by atomic mass is 10.1. The Morgan fingerprint density at radius 3 is 2.91 bits per heavy atom. The third-order valence-corrected chi connectivity index (χ3v) is 2.19. The molecule has 2 heterocycles. The summed E-state index contributed by atoms with van der Waals surface area (Å²) in [4.78, 5) is 2.88. The van der Waals surface area contributed by atoms with E-state index in [1.54, 1.807) is 6.20 Å². The Morgan fingerprint density at radius 2 is 2.36 bits per heavy atom. The first-order valence-electron chi connectivity index (χ1n) is 3.97. The Labute approximate surface area is 65.4 Å². The first-order valence-corrected chi connectivity index (χ1v) is 3.97. The summed E-state index contributed by atoms with van der Waals surface area (Å²) in [5.41, 5.74) is 1.00. The van der Waals surface area contributed by atoms with Gasteiger partial charge in [0.2, 0.25) is 0 Å². The van der Waals surface area contributed by atoms with Crippen molar-refractivity contribution in [2.24, 2.45) is 0 Å². The van der Waals surface area contributed by atoms with Gasteiger partial charge in [-0.05, 0) is 19.4 Å². The molecule has 1 aliphatic rings. The van der Waals surface area contributed by atoms with Crippen LogP contribution >= 0.6 is 0 Å². The van der Waals surface area contributed by atoms with Gasteiger partial charge < -0.3 is 15.4 Å². The van der Waals surface area contributed by atoms with Crippen LogP contribution in [0.5, 0.6) is 5.75 Å². The second-order valence-corrected chi connectivity index (χ2v) is 2.94. The lowest BCUT2D eigenvalue weighted by Gasteiger charge is -2.07. The molecule has 0 bridgehead atoms. The molecule has 11 heavy (non-hydrogen) atoms. The van der Waals surface area contributed by atoms with E-state index in [1.807, 2.05) is 6.20 Å². The van der Waals surface area contributed by atoms with E-state index in [-0.39, 0.29) is 0 Å². The summed E-state index contributed by atoms with van der Waals surface area (Å²) < 4.78 is 0. The number of hydrogen-bond donors (Lipinski definition) is 3. The Kier molecular flexibility index (Phi) is 1.58. The average Bonchev–Trinajstić information content (AvgIpc) is 2.55. The molecule has 0 saturated carbocycles. The van der Waals surface area contributed by atoms with Crippen molar-refractivity contribution in [1.29, 1.82) is 0 Å². The van der Waals surface area contributed by atoms with E-state index in [4.69, 9.17) is 0 Å². The van der Waals surface area contributed by atoms with Crippen LogP contribution in [-0.2, 0) is 0 Å². The van der Waals surface area contributed by atoms with Crippen LogP contribution < -0.4 is 5.32 Å². The van der Waals surface area contributed by atoms with Crippen molar-refractivity contribution in [2.75, 3.05) is 6.54 Å². The van der Waals surface area contributed by atoms with Gasteiger partial charge >= 0.3 is 0 Å². The summed E-state index contributed by atoms with van der Waals surface area (Å²) >= 11 is 0. The van der Waals surface area contributed by atoms with Gasteiger partial charge in [-0.25, -0.2) is 0 Å². The number of aromatic amines is 1. The minimum Gasteiger partial charge on any atom is -0.506 e. The number of aromatic nitrogens is 1. The highest BCUT2D eigenvalue weighted by molar-refractivity contribution is 5.31. The van der Waals surface area contributed by atoms with E-state index < -0.39 is 0 Å². The normalized spacial score (nSPS) is 24.2. The highest BCUT2D eigenvalue weighted by Crippen LogP contribution is 2.29. The van der Waals surface area contributed by atoms with Crippen molar-refractivity contribution >= 4 is 0 Å². The maximum Gasteiger partial charge on any atom is 0.137 e. The van der Waals surface area contributed by atoms with Crippen molar-refractivity contribution in [3.63, 3.8) is 0 Å². The van der Waals surface area contributed by atoms with E-state index in [9.17, 15) is 5.11 Å². The Hall–Kier alpha value is -0.960. The molecule has 0 spiro atoms. The van der Waals surface area contributed by atoms with Crippen LogP contribution in [0.15, 0.2) is 12.4 Å². The van der Waals surface area contributed by atoms with Gasteiger partial charge in [0.15, 0.2) is 0 Å². The van der Waals surface area contributed by atoms with Gasteiger partial charge in [-0.1, -0.05) is 0 Å². The summed E-state index contributed by atoms with van der Waals surface area (Å²) in [6.07, 6.45) is 5.81. The summed E-state index contributed by atoms with van der Waals surface area (Å²) in [5.74, 6) is 0.379. The lowest BCUT2D eigenvalue weighted by Crippen LogP contribution is -2.11. The van der Waals surface area contributed by atoms with Gasteiger partial charge in [0.25, 0.3) is 0 Å². The van der Waals surface area contributed by atoms with Crippen LogP contribution in [0.1, 0.15) is 24.4 Å². The quantitative estimate of drug-likeness (QED) is 0.565. The van der Waals surface area contributed by atoms with E-state index >= 15 is 0 Å². The van der Waals surface area contributed by atoms with Gasteiger partial charge in [-0.2, -0.15) is 0 Å². The standard InChI is InChI=1S/C8H12N2O/c11-8-5-9-4-6(8)7-2-1-3-10-7/h4-5,7,9-11H,1-3H2/t7-/m0/s1. The second kappa shape index (κ2) is 2.58. The molecule has 3 nitrogen and oxygen atoms in total. The highest BCUT2D eigenvalue weighted by atomic mass is 16.3. The number of nitrogens with one attached hydrogen (secondary N) is 2. The summed E-state index contributed by atoms with van der Waals surface area (Å²) in [7, 11) is 0. The zero-order chi connectivity index (χ0) is 7.68. The van der Waals surface area contributed by atoms with Crippen molar-refractivity contribution < 1.29 is 5.11 Å². The van der Waals surface area contributed by atoms with Crippen molar-refractivity contribution in [1.82, 2.24) is 10.3 Å². The van der Waals surface area contributed by atoms with Gasteiger partial charge in [-0.15, -0.1) is 0 Å². The monoisotopic (exact) mass is 152 g/mol. The maximum absolute atomic E-state index is 9.34. The molecular weight excluding hydrogens is 140 g/mol. The second-order valence-electron chi connectivity index (χ2n) is 2.94. The molecule has 0 radical (unpaired) electrons. The number of rotatable bonds is 1. The van der Waals surface area contributed by atoms with Crippen LogP contribution in [0.2, 0.25) is 0 Å². The van der Waals surface area contributed by atoms with Crippen LogP contribution in [0, 0.1) is 0 Å². The largest absolute Gasteiger partial charge is 0.506 e. The molecule has 0 aliphatic carbocycles. The first kappa shape index (κ1) is 6.73. The maximum atomic E-state index is 9.34. The molecule has 0 amide bonds. The van der Waals surface area contributed by atoms with Crippen molar-refractivity contribution in [3.8, 4) is 5.75 Å². The van der Waals surface area contributed by atoms with E-state index in [1.165, 1.54) is 6.42 Å². The molecular formula is C8H12N2O. The van der Waals surface area contributed by atoms with Crippen LogP contribution in [0.25, 0.3) is 0 Å². The number of aromatic hydroxyl groups is 1. The van der Waals surface area contributed by atoms with Crippen molar-refractivity contribution in [2.45, 2.75) is 18.9 Å². The Bertz CT molecular complexity index is 238. The lowest BCUT2D eigenvalue weighted by molar-refractivity contribution is 0.459. The topological polar surface area (TPSA) is 48.0 Å². The molecule has 1 saturated heterocycles. The molecule has 1 fully saturated rings. The zero-order valence-electron chi connectivity index (χ0n) is 6.30. The first-order chi connectivity index (χ1) is 5.38. The van der Waals surface area contributed by atoms with Crippen LogP contribution in [-0.4, -0.2) is 16.6 Å². The molecule has 60 valence electrons. The van der Waals surface area contributed by atoms with Crippen molar-refractivity contribution in [3.05, 3.63) is 18.0 Å². The minimum atomic E-state index is 0.362. The molecule has 1 aromatic heterocycles. The Balaban J connectivity index is 2.21. The van der Waals surface area contributed by atoms with Crippen LogP contribution in [0.3, 0.4) is 0 Å². The molecule has 3 N–H and O–H groups in total. The fourth-order valence-corrected chi connectivity index (χ4v) is 1.60. The van der Waals surface area contributed by atoms with E-state index in [0.29, 0.717) is 11.8 Å². The van der Waals surface area contributed by atoms with Crippen LogP contribution in [0.4, 0.5) is 0 Å². The molecule has 2 rings (SSSR count). The third-order valence-electron chi connectivity index (χ3n) is 2.19. The van der Waals surface area contributed by atoms with Gasteiger partial charge in [0, 0.05) is 24.0 Å². The molecule has 1 atom stereocenters. The summed E-state index contributed by atoms with van der Waals surface area (Å²) in [6, 6.07) is 0.362. The van der Waals surface area contributed by atoms with E-state index in [2.05, 4.69) is 10.3 Å². The molecule has 1 aliphatic heterocycles. The molecule has 1 aromatic rings. The summed E-state index contributed by atoms with van der Waals surface area (Å²) in [5, 5.41) is 12.7. The average molecular weight is 152 g/mol. The molecule has 0 aromatic carbocycles. The van der Waals surface area contributed by atoms with Gasteiger partial charge in [0.05, 0.1) is 0 Å². The SMILES string of the molecule is Oc1c[nH]cc1[C@@H]1CCCN1. The Morgan fingerprint density at radius 1 is 1.45 bits per heavy atom. The number of hydrogen-bond acceptors (Lipinski definition) is 2. The van der Waals surface area contributed by atoms with Gasteiger partial charge in [-0.3, -0.25) is 0 Å². The minimum absolute atomic E-state index is 0.362. The number of H-pyrrole nitrogens is 1. The highest BCUT2D eigenvalue weighted by Gasteiger charge is 2.19. The summed E-state index contributed by atoms with van der Waals surface area (Å²) in [6.45, 7) is 1.06. The third kappa shape index (κ3) is 1.12. The fraction of sp³-hybridized carbons (Fsp3) is 0.500. The fourth-order valence-electron chi connectivity index (χ4n) is 1.60. The van der Waals surface area contributed by atoms with E-state index in [0.717, 1.165) is 18.5 Å². The van der Waals surface area contributed by atoms with Gasteiger partial charge in [0.1, 0.15) is 5.75 Å².